The summed E-state index contributed by atoms with van der Waals surface area (Å²) in [5.74, 6) is 0. The van der Waals surface area contributed by atoms with Crippen LogP contribution in [0.2, 0.25) is 0 Å². The minimum absolute atomic E-state index is 0.149. The SMILES string of the molecule is COC12CCC(N)(CC1)C2. The number of hydrogen-bond acceptors (Lipinski definition) is 2. The molecule has 0 atom stereocenters. The Labute approximate surface area is 61.7 Å². The zero-order valence-corrected chi connectivity index (χ0v) is 6.52. The van der Waals surface area contributed by atoms with E-state index in [1.165, 1.54) is 25.7 Å². The van der Waals surface area contributed by atoms with Gasteiger partial charge in [-0.15, -0.1) is 0 Å². The largest absolute Gasteiger partial charge is 0.378 e. The molecule has 0 aromatic heterocycles. The van der Waals surface area contributed by atoms with Crippen molar-refractivity contribution in [3.05, 3.63) is 0 Å². The highest BCUT2D eigenvalue weighted by Crippen LogP contribution is 2.50. The summed E-state index contributed by atoms with van der Waals surface area (Å²) in [6.45, 7) is 0. The number of hydrogen-bond donors (Lipinski definition) is 1. The molecule has 0 aliphatic heterocycles. The van der Waals surface area contributed by atoms with Crippen molar-refractivity contribution in [1.29, 1.82) is 0 Å². The molecule has 0 amide bonds. The molecule has 2 rings (SSSR count). The molecule has 2 aliphatic rings. The number of fused-ring (bicyclic) bond motifs is 2. The van der Waals surface area contributed by atoms with Crippen molar-refractivity contribution in [2.75, 3.05) is 7.11 Å². The number of ether oxygens (including phenoxy) is 1. The molecule has 2 fully saturated rings. The summed E-state index contributed by atoms with van der Waals surface area (Å²) in [6.07, 6.45) is 5.79. The summed E-state index contributed by atoms with van der Waals surface area (Å²) in [4.78, 5) is 0. The van der Waals surface area contributed by atoms with E-state index in [1.807, 2.05) is 7.11 Å². The van der Waals surface area contributed by atoms with E-state index in [0.717, 1.165) is 6.42 Å². The van der Waals surface area contributed by atoms with Crippen molar-refractivity contribution >= 4 is 0 Å². The van der Waals surface area contributed by atoms with Gasteiger partial charge >= 0.3 is 0 Å². The van der Waals surface area contributed by atoms with Gasteiger partial charge in [0.2, 0.25) is 0 Å². The predicted octanol–water partition coefficient (Wildman–Crippen LogP) is 1.05. The Morgan fingerprint density at radius 2 is 1.80 bits per heavy atom. The quantitative estimate of drug-likeness (QED) is 0.592. The fraction of sp³-hybridized carbons (Fsp3) is 1.00. The van der Waals surface area contributed by atoms with E-state index < -0.39 is 0 Å². The molecule has 0 radical (unpaired) electrons. The average Bonchev–Trinajstić information content (AvgIpc) is 2.42. The normalized spacial score (nSPS) is 52.2. The molecule has 0 heterocycles. The van der Waals surface area contributed by atoms with Crippen molar-refractivity contribution < 1.29 is 4.74 Å². The van der Waals surface area contributed by atoms with Crippen LogP contribution in [0.3, 0.4) is 0 Å². The molecular weight excluding hydrogens is 126 g/mol. The summed E-state index contributed by atoms with van der Waals surface area (Å²) >= 11 is 0. The van der Waals surface area contributed by atoms with Crippen molar-refractivity contribution in [2.45, 2.75) is 43.2 Å². The maximum Gasteiger partial charge on any atom is 0.0697 e. The monoisotopic (exact) mass is 141 g/mol. The molecule has 2 heteroatoms. The first-order valence-corrected chi connectivity index (χ1v) is 4.02. The third-order valence-electron chi connectivity index (χ3n) is 3.26. The molecule has 0 aromatic rings. The van der Waals surface area contributed by atoms with Crippen LogP contribution in [-0.4, -0.2) is 18.2 Å². The van der Waals surface area contributed by atoms with Gasteiger partial charge < -0.3 is 10.5 Å². The second-order valence-corrected chi connectivity index (χ2v) is 3.93. The van der Waals surface area contributed by atoms with Gasteiger partial charge in [-0.25, -0.2) is 0 Å². The van der Waals surface area contributed by atoms with Gasteiger partial charge in [-0.1, -0.05) is 0 Å². The van der Waals surface area contributed by atoms with Crippen molar-refractivity contribution in [3.63, 3.8) is 0 Å². The number of nitrogens with two attached hydrogens (primary N) is 1. The molecule has 0 spiro atoms. The smallest absolute Gasteiger partial charge is 0.0697 e. The molecule has 2 saturated carbocycles. The van der Waals surface area contributed by atoms with Gasteiger partial charge in [0.05, 0.1) is 5.60 Å². The lowest BCUT2D eigenvalue weighted by atomic mass is 9.94. The Bertz CT molecular complexity index is 147. The third-order valence-corrected chi connectivity index (χ3v) is 3.26. The Morgan fingerprint density at radius 1 is 1.20 bits per heavy atom. The summed E-state index contributed by atoms with van der Waals surface area (Å²) in [7, 11) is 1.82. The minimum atomic E-state index is 0.149. The van der Waals surface area contributed by atoms with Gasteiger partial charge in [0.25, 0.3) is 0 Å². The number of methoxy groups -OCH3 is 1. The van der Waals surface area contributed by atoms with E-state index in [0.29, 0.717) is 0 Å². The van der Waals surface area contributed by atoms with Crippen LogP contribution in [0.15, 0.2) is 0 Å². The fourth-order valence-electron chi connectivity index (χ4n) is 2.47. The topological polar surface area (TPSA) is 35.2 Å². The van der Waals surface area contributed by atoms with Crippen LogP contribution in [0, 0.1) is 0 Å². The van der Waals surface area contributed by atoms with Gasteiger partial charge in [0.1, 0.15) is 0 Å². The van der Waals surface area contributed by atoms with Gasteiger partial charge in [-0.2, -0.15) is 0 Å². The zero-order valence-electron chi connectivity index (χ0n) is 6.52. The molecule has 2 bridgehead atoms. The zero-order chi connectivity index (χ0) is 7.24. The van der Waals surface area contributed by atoms with Crippen LogP contribution >= 0.6 is 0 Å². The van der Waals surface area contributed by atoms with E-state index in [2.05, 4.69) is 0 Å². The molecule has 2 aliphatic carbocycles. The van der Waals surface area contributed by atoms with Crippen LogP contribution in [0.5, 0.6) is 0 Å². The summed E-state index contributed by atoms with van der Waals surface area (Å²) in [6, 6.07) is 0. The van der Waals surface area contributed by atoms with Gasteiger partial charge in [0.15, 0.2) is 0 Å². The van der Waals surface area contributed by atoms with E-state index in [9.17, 15) is 0 Å². The standard InChI is InChI=1S/C8H15NO/c1-10-8-4-2-7(9,6-8)3-5-8/h2-6,9H2,1H3. The first-order valence-electron chi connectivity index (χ1n) is 4.02. The lowest BCUT2D eigenvalue weighted by Gasteiger charge is -2.24. The number of rotatable bonds is 1. The summed E-state index contributed by atoms with van der Waals surface area (Å²) < 4.78 is 5.47. The maximum atomic E-state index is 6.08. The summed E-state index contributed by atoms with van der Waals surface area (Å²) in [5.41, 5.74) is 6.42. The van der Waals surface area contributed by atoms with E-state index in [-0.39, 0.29) is 11.1 Å². The Morgan fingerprint density at radius 3 is 2.00 bits per heavy atom. The lowest BCUT2D eigenvalue weighted by molar-refractivity contribution is -0.000297. The van der Waals surface area contributed by atoms with Crippen LogP contribution < -0.4 is 5.73 Å². The van der Waals surface area contributed by atoms with Crippen LogP contribution in [0.4, 0.5) is 0 Å². The van der Waals surface area contributed by atoms with Gasteiger partial charge in [-0.3, -0.25) is 0 Å². The highest BCUT2D eigenvalue weighted by atomic mass is 16.5. The molecule has 0 aromatic carbocycles. The highest BCUT2D eigenvalue weighted by molar-refractivity contribution is 5.09. The predicted molar refractivity (Wildman–Crippen MR) is 39.7 cm³/mol. The lowest BCUT2D eigenvalue weighted by Crippen LogP contribution is -2.33. The van der Waals surface area contributed by atoms with Crippen molar-refractivity contribution in [1.82, 2.24) is 0 Å². The average molecular weight is 141 g/mol. The summed E-state index contributed by atoms with van der Waals surface area (Å²) in [5, 5.41) is 0. The van der Waals surface area contributed by atoms with E-state index in [1.54, 1.807) is 0 Å². The second-order valence-electron chi connectivity index (χ2n) is 3.93. The molecule has 0 saturated heterocycles. The van der Waals surface area contributed by atoms with Crippen molar-refractivity contribution in [3.8, 4) is 0 Å². The Kier molecular flexibility index (Phi) is 1.15. The molecule has 10 heavy (non-hydrogen) atoms. The second kappa shape index (κ2) is 1.74. The molecule has 58 valence electrons. The van der Waals surface area contributed by atoms with E-state index in [4.69, 9.17) is 10.5 Å². The van der Waals surface area contributed by atoms with Crippen LogP contribution in [0.25, 0.3) is 0 Å². The first kappa shape index (κ1) is 6.62. The first-order chi connectivity index (χ1) is 4.68. The van der Waals surface area contributed by atoms with Gasteiger partial charge in [0, 0.05) is 12.6 Å². The van der Waals surface area contributed by atoms with Crippen LogP contribution in [-0.2, 0) is 4.74 Å². The molecule has 2 nitrogen and oxygen atoms in total. The maximum absolute atomic E-state index is 6.08. The molecule has 2 N–H and O–H groups in total. The third kappa shape index (κ3) is 0.722. The Balaban J connectivity index is 2.19. The van der Waals surface area contributed by atoms with Crippen molar-refractivity contribution in [2.24, 2.45) is 5.73 Å². The molecular formula is C8H15NO. The van der Waals surface area contributed by atoms with Gasteiger partial charge in [-0.05, 0) is 32.1 Å². The van der Waals surface area contributed by atoms with E-state index >= 15 is 0 Å². The van der Waals surface area contributed by atoms with Crippen LogP contribution in [0.1, 0.15) is 32.1 Å². The Hall–Kier alpha value is -0.0800. The molecule has 0 unspecified atom stereocenters. The fourth-order valence-corrected chi connectivity index (χ4v) is 2.47. The minimum Gasteiger partial charge on any atom is -0.378 e. The highest BCUT2D eigenvalue weighted by Gasteiger charge is 2.52.